The first-order valence-electron chi connectivity index (χ1n) is 5.89. The molecule has 0 heterocycles. The molecule has 0 aromatic heterocycles. The summed E-state index contributed by atoms with van der Waals surface area (Å²) in [5, 5.41) is 2.51. The first-order valence-corrected chi connectivity index (χ1v) is 6.68. The molecule has 0 aliphatic rings. The highest BCUT2D eigenvalue weighted by atomic mass is 79.9. The quantitative estimate of drug-likeness (QED) is 0.652. The van der Waals surface area contributed by atoms with Crippen LogP contribution in [0, 0.1) is 11.6 Å². The van der Waals surface area contributed by atoms with Gasteiger partial charge in [-0.1, -0.05) is 28.1 Å². The lowest BCUT2D eigenvalue weighted by molar-refractivity contribution is -0.118. The van der Waals surface area contributed by atoms with Gasteiger partial charge in [0.2, 0.25) is 5.82 Å². The van der Waals surface area contributed by atoms with Crippen LogP contribution in [0.15, 0.2) is 40.9 Å². The van der Waals surface area contributed by atoms with Crippen molar-refractivity contribution in [2.24, 2.45) is 0 Å². The Labute approximate surface area is 128 Å². The molecule has 1 amide bonds. The molecule has 7 heteroatoms. The Morgan fingerprint density at radius 3 is 2.71 bits per heavy atom. The van der Waals surface area contributed by atoms with E-state index in [4.69, 9.17) is 10.5 Å². The van der Waals surface area contributed by atoms with Crippen molar-refractivity contribution in [2.45, 2.75) is 0 Å². The van der Waals surface area contributed by atoms with Gasteiger partial charge in [0.25, 0.3) is 5.91 Å². The molecular formula is C14H11BrF2N2O2. The molecule has 110 valence electrons. The third-order valence-corrected chi connectivity index (χ3v) is 3.01. The number of ether oxygens (including phenoxy) is 1. The van der Waals surface area contributed by atoms with Crippen LogP contribution >= 0.6 is 15.9 Å². The van der Waals surface area contributed by atoms with Gasteiger partial charge in [0.1, 0.15) is 0 Å². The van der Waals surface area contributed by atoms with Gasteiger partial charge < -0.3 is 15.8 Å². The van der Waals surface area contributed by atoms with Gasteiger partial charge in [0.15, 0.2) is 18.2 Å². The van der Waals surface area contributed by atoms with E-state index < -0.39 is 24.1 Å². The van der Waals surface area contributed by atoms with Gasteiger partial charge in [-0.05, 0) is 24.3 Å². The van der Waals surface area contributed by atoms with E-state index in [1.807, 2.05) is 0 Å². The van der Waals surface area contributed by atoms with Crippen molar-refractivity contribution in [2.75, 3.05) is 17.7 Å². The minimum absolute atomic E-state index is 0.309. The maximum absolute atomic E-state index is 13.5. The second-order valence-corrected chi connectivity index (χ2v) is 5.04. The molecule has 0 aliphatic heterocycles. The normalized spacial score (nSPS) is 10.2. The van der Waals surface area contributed by atoms with Gasteiger partial charge in [0.05, 0.1) is 11.4 Å². The van der Waals surface area contributed by atoms with E-state index in [0.29, 0.717) is 15.8 Å². The predicted octanol–water partition coefficient (Wildman–Crippen LogP) is 3.33. The zero-order chi connectivity index (χ0) is 15.4. The molecule has 0 bridgehead atoms. The Bertz CT molecular complexity index is 680. The fourth-order valence-electron chi connectivity index (χ4n) is 1.58. The van der Waals surface area contributed by atoms with Crippen molar-refractivity contribution in [3.63, 3.8) is 0 Å². The Morgan fingerprint density at radius 1 is 1.29 bits per heavy atom. The summed E-state index contributed by atoms with van der Waals surface area (Å²) < 4.78 is 31.9. The van der Waals surface area contributed by atoms with Crippen LogP contribution in [0.2, 0.25) is 0 Å². The minimum Gasteiger partial charge on any atom is -0.481 e. The molecule has 21 heavy (non-hydrogen) atoms. The molecule has 0 spiro atoms. The van der Waals surface area contributed by atoms with E-state index in [1.165, 1.54) is 6.07 Å². The summed E-state index contributed by atoms with van der Waals surface area (Å²) in [7, 11) is 0. The standard InChI is InChI=1S/C14H11BrF2N2O2/c15-8-5-9(16)14(17)12(6-8)21-7-13(20)19-11-4-2-1-3-10(11)18/h1-6H,7,18H2,(H,19,20). The monoisotopic (exact) mass is 356 g/mol. The highest BCUT2D eigenvalue weighted by Crippen LogP contribution is 2.25. The van der Waals surface area contributed by atoms with Gasteiger partial charge in [-0.15, -0.1) is 0 Å². The van der Waals surface area contributed by atoms with E-state index >= 15 is 0 Å². The number of hydrogen-bond donors (Lipinski definition) is 2. The number of carbonyl (C=O) groups is 1. The predicted molar refractivity (Wildman–Crippen MR) is 79.0 cm³/mol. The second kappa shape index (κ2) is 6.53. The highest BCUT2D eigenvalue weighted by Gasteiger charge is 2.13. The van der Waals surface area contributed by atoms with Crippen molar-refractivity contribution in [3.05, 3.63) is 52.5 Å². The number of para-hydroxylation sites is 2. The average molecular weight is 357 g/mol. The van der Waals surface area contributed by atoms with Crippen molar-refractivity contribution >= 4 is 33.2 Å². The number of hydrogen-bond acceptors (Lipinski definition) is 3. The molecule has 0 aliphatic carbocycles. The second-order valence-electron chi connectivity index (χ2n) is 4.12. The van der Waals surface area contributed by atoms with Gasteiger partial charge in [-0.25, -0.2) is 4.39 Å². The van der Waals surface area contributed by atoms with Gasteiger partial charge >= 0.3 is 0 Å². The molecule has 0 fully saturated rings. The number of anilines is 2. The summed E-state index contributed by atoms with van der Waals surface area (Å²) in [6, 6.07) is 8.87. The van der Waals surface area contributed by atoms with Gasteiger partial charge in [-0.3, -0.25) is 4.79 Å². The number of nitrogens with two attached hydrogens (primary N) is 1. The van der Waals surface area contributed by atoms with E-state index in [1.54, 1.807) is 24.3 Å². The van der Waals surface area contributed by atoms with E-state index in [-0.39, 0.29) is 5.75 Å². The first kappa shape index (κ1) is 15.2. The molecule has 0 saturated carbocycles. The number of nitrogen functional groups attached to an aromatic ring is 1. The number of halogens is 3. The van der Waals surface area contributed by atoms with Crippen molar-refractivity contribution < 1.29 is 18.3 Å². The van der Waals surface area contributed by atoms with Gasteiger partial charge in [-0.2, -0.15) is 4.39 Å². The molecule has 3 N–H and O–H groups in total. The topological polar surface area (TPSA) is 64.3 Å². The zero-order valence-corrected chi connectivity index (χ0v) is 12.3. The van der Waals surface area contributed by atoms with Crippen LogP contribution in [-0.4, -0.2) is 12.5 Å². The summed E-state index contributed by atoms with van der Waals surface area (Å²) in [6.07, 6.45) is 0. The Kier molecular flexibility index (Phi) is 4.74. The van der Waals surface area contributed by atoms with Crippen LogP contribution in [0.4, 0.5) is 20.2 Å². The Balaban J connectivity index is 2.00. The van der Waals surface area contributed by atoms with Crippen molar-refractivity contribution in [1.82, 2.24) is 0 Å². The van der Waals surface area contributed by atoms with Crippen LogP contribution < -0.4 is 15.8 Å². The van der Waals surface area contributed by atoms with Crippen LogP contribution in [-0.2, 0) is 4.79 Å². The van der Waals surface area contributed by atoms with Crippen molar-refractivity contribution in [1.29, 1.82) is 0 Å². The lowest BCUT2D eigenvalue weighted by Gasteiger charge is -2.10. The smallest absolute Gasteiger partial charge is 0.262 e. The third kappa shape index (κ3) is 3.91. The number of nitrogens with one attached hydrogen (secondary N) is 1. The number of carbonyl (C=O) groups excluding carboxylic acids is 1. The van der Waals surface area contributed by atoms with Gasteiger partial charge in [0, 0.05) is 4.47 Å². The molecule has 4 nitrogen and oxygen atoms in total. The molecule has 0 atom stereocenters. The highest BCUT2D eigenvalue weighted by molar-refractivity contribution is 9.10. The van der Waals surface area contributed by atoms with Crippen LogP contribution in [0.1, 0.15) is 0 Å². The van der Waals surface area contributed by atoms with Crippen LogP contribution in [0.5, 0.6) is 5.75 Å². The van der Waals surface area contributed by atoms with Crippen LogP contribution in [0.3, 0.4) is 0 Å². The average Bonchev–Trinajstić information content (AvgIpc) is 2.44. The summed E-state index contributed by atoms with van der Waals surface area (Å²) in [6.45, 7) is -0.471. The molecule has 2 aromatic rings. The number of benzene rings is 2. The number of rotatable bonds is 4. The van der Waals surface area contributed by atoms with E-state index in [2.05, 4.69) is 21.2 Å². The van der Waals surface area contributed by atoms with E-state index in [0.717, 1.165) is 6.07 Å². The summed E-state index contributed by atoms with van der Waals surface area (Å²) in [5.41, 5.74) is 6.49. The molecule has 2 aromatic carbocycles. The zero-order valence-electron chi connectivity index (χ0n) is 10.7. The lowest BCUT2D eigenvalue weighted by atomic mass is 10.2. The van der Waals surface area contributed by atoms with Crippen LogP contribution in [0.25, 0.3) is 0 Å². The number of amides is 1. The summed E-state index contributed by atoms with van der Waals surface area (Å²) >= 11 is 3.01. The molecule has 0 radical (unpaired) electrons. The fourth-order valence-corrected chi connectivity index (χ4v) is 1.99. The summed E-state index contributed by atoms with van der Waals surface area (Å²) in [4.78, 5) is 11.7. The molecule has 0 saturated heterocycles. The maximum atomic E-state index is 13.5. The molecular weight excluding hydrogens is 346 g/mol. The SMILES string of the molecule is Nc1ccccc1NC(=O)COc1cc(Br)cc(F)c1F. The lowest BCUT2D eigenvalue weighted by Crippen LogP contribution is -2.21. The first-order chi connectivity index (χ1) is 9.97. The maximum Gasteiger partial charge on any atom is 0.262 e. The van der Waals surface area contributed by atoms with E-state index in [9.17, 15) is 13.6 Å². The molecule has 2 rings (SSSR count). The fraction of sp³-hybridized carbons (Fsp3) is 0.0714. The Morgan fingerprint density at radius 2 is 2.00 bits per heavy atom. The minimum atomic E-state index is -1.15. The van der Waals surface area contributed by atoms with Crippen molar-refractivity contribution in [3.8, 4) is 5.75 Å². The Hall–Kier alpha value is -2.15. The largest absolute Gasteiger partial charge is 0.481 e. The third-order valence-electron chi connectivity index (χ3n) is 2.55. The molecule has 0 unspecified atom stereocenters. The summed E-state index contributed by atoms with van der Waals surface area (Å²) in [5.74, 6) is -3.09.